The number of carboxylic acids is 1. The summed E-state index contributed by atoms with van der Waals surface area (Å²) in [5.74, 6) is -3.56. The van der Waals surface area contributed by atoms with Gasteiger partial charge in [-0.25, -0.2) is 4.79 Å². The number of aliphatic carboxylic acids is 1. The van der Waals surface area contributed by atoms with Gasteiger partial charge in [-0.15, -0.1) is 0 Å². The molecule has 2 rings (SSSR count). The zero-order valence-corrected chi connectivity index (χ0v) is 23.6. The zero-order valence-electron chi connectivity index (χ0n) is 23.6. The minimum absolute atomic E-state index is 0.0147. The first-order chi connectivity index (χ1) is 19.3. The van der Waals surface area contributed by atoms with E-state index in [2.05, 4.69) is 25.9 Å². The van der Waals surface area contributed by atoms with Gasteiger partial charge in [0.1, 0.15) is 18.1 Å². The van der Waals surface area contributed by atoms with Gasteiger partial charge in [0.2, 0.25) is 17.7 Å². The van der Waals surface area contributed by atoms with Gasteiger partial charge in [-0.2, -0.15) is 0 Å². The van der Waals surface area contributed by atoms with Gasteiger partial charge < -0.3 is 48.3 Å². The molecule has 41 heavy (non-hydrogen) atoms. The average molecular weight is 575 g/mol. The number of carboxylic acid groups (broad SMARTS) is 1. The van der Waals surface area contributed by atoms with E-state index in [9.17, 15) is 29.4 Å². The topological polar surface area (TPSA) is 251 Å². The van der Waals surface area contributed by atoms with Crippen LogP contribution < -0.4 is 33.2 Å². The molecule has 0 saturated carbocycles. The number of H-pyrrole nitrogens is 1. The third-order valence-electron chi connectivity index (χ3n) is 6.42. The van der Waals surface area contributed by atoms with Crippen LogP contribution in [0.5, 0.6) is 0 Å². The Bertz CT molecular complexity index is 1220. The molecule has 0 fully saturated rings. The summed E-state index contributed by atoms with van der Waals surface area (Å²) in [6.45, 7) is 5.26. The normalized spacial score (nSPS) is 14.9. The molecule has 226 valence electrons. The zero-order chi connectivity index (χ0) is 30.7. The minimum atomic E-state index is -1.41. The van der Waals surface area contributed by atoms with Crippen molar-refractivity contribution >= 4 is 40.6 Å². The summed E-state index contributed by atoms with van der Waals surface area (Å²) in [4.78, 5) is 57.9. The van der Waals surface area contributed by atoms with Crippen LogP contribution in [0.2, 0.25) is 0 Å². The number of aliphatic hydroxyl groups excluding tert-OH is 1. The van der Waals surface area contributed by atoms with E-state index in [1.807, 2.05) is 38.1 Å². The van der Waals surface area contributed by atoms with Gasteiger partial charge in [0.25, 0.3) is 0 Å². The summed E-state index contributed by atoms with van der Waals surface area (Å²) in [6, 6.07) is 2.60. The number of aromatic nitrogens is 1. The minimum Gasteiger partial charge on any atom is -0.480 e. The third-order valence-corrected chi connectivity index (χ3v) is 6.42. The highest BCUT2D eigenvalue weighted by Gasteiger charge is 2.33. The monoisotopic (exact) mass is 574 g/mol. The molecule has 5 atom stereocenters. The lowest BCUT2D eigenvalue weighted by atomic mass is 10.0. The number of hydrogen-bond donors (Lipinski definition) is 9. The van der Waals surface area contributed by atoms with Crippen molar-refractivity contribution in [2.45, 2.75) is 76.7 Å². The molecule has 2 aromatic rings. The van der Waals surface area contributed by atoms with Crippen molar-refractivity contribution in [2.24, 2.45) is 28.1 Å². The highest BCUT2D eigenvalue weighted by atomic mass is 16.4. The van der Waals surface area contributed by atoms with Crippen LogP contribution in [-0.4, -0.2) is 81.7 Å². The number of carbonyl (C=O) groups excluding carboxylic acids is 3. The SMILES string of the molecule is CC(C)CC(NC(=O)C(NC(=O)C(N)CCCN=C(N)N)C(C)O)C(=O)NC(Cc1c[nH]c2ccccc12)C(=O)O. The van der Waals surface area contributed by atoms with Gasteiger partial charge in [-0.05, 0) is 43.7 Å². The number of rotatable bonds is 16. The molecular formula is C27H42N8O6. The fourth-order valence-electron chi connectivity index (χ4n) is 4.27. The standard InChI is InChI=1S/C27H42N8O6/c1-14(2)11-20(24(38)34-21(26(40)41)12-16-13-32-19-9-5-4-7-17(16)19)33-25(39)22(15(3)36)35-23(37)18(28)8-6-10-31-27(29)30/h4-5,7,9,13-15,18,20-22,32,36H,6,8,10-12,28H2,1-3H3,(H,33,39)(H,34,38)(H,35,37)(H,40,41)(H4,29,30,31). The second kappa shape index (κ2) is 15.6. The number of aliphatic imine (C=N–C) groups is 1. The molecule has 12 N–H and O–H groups in total. The molecule has 0 saturated heterocycles. The van der Waals surface area contributed by atoms with Crippen LogP contribution in [0.4, 0.5) is 0 Å². The first-order valence-electron chi connectivity index (χ1n) is 13.5. The Morgan fingerprint density at radius 1 is 0.976 bits per heavy atom. The summed E-state index contributed by atoms with van der Waals surface area (Å²) in [7, 11) is 0. The van der Waals surface area contributed by atoms with E-state index in [-0.39, 0.29) is 37.7 Å². The second-order valence-corrected chi connectivity index (χ2v) is 10.4. The number of nitrogens with two attached hydrogens (primary N) is 3. The largest absolute Gasteiger partial charge is 0.480 e. The van der Waals surface area contributed by atoms with Gasteiger partial charge >= 0.3 is 5.97 Å². The Labute approximate surface area is 238 Å². The van der Waals surface area contributed by atoms with Crippen molar-refractivity contribution in [3.8, 4) is 0 Å². The van der Waals surface area contributed by atoms with Crippen molar-refractivity contribution in [1.82, 2.24) is 20.9 Å². The summed E-state index contributed by atoms with van der Waals surface area (Å²) in [5.41, 5.74) is 18.0. The number of benzene rings is 1. The number of amides is 3. The highest BCUT2D eigenvalue weighted by molar-refractivity contribution is 5.94. The number of hydrogen-bond acceptors (Lipinski definition) is 7. The molecule has 14 nitrogen and oxygen atoms in total. The molecule has 3 amide bonds. The smallest absolute Gasteiger partial charge is 0.326 e. The summed E-state index contributed by atoms with van der Waals surface area (Å²) >= 11 is 0. The van der Waals surface area contributed by atoms with Gasteiger partial charge in [0.05, 0.1) is 12.1 Å². The van der Waals surface area contributed by atoms with Crippen LogP contribution in [-0.2, 0) is 25.6 Å². The van der Waals surface area contributed by atoms with Crippen molar-refractivity contribution in [1.29, 1.82) is 0 Å². The van der Waals surface area contributed by atoms with Crippen LogP contribution in [0.3, 0.4) is 0 Å². The maximum atomic E-state index is 13.2. The van der Waals surface area contributed by atoms with E-state index >= 15 is 0 Å². The molecule has 1 aromatic carbocycles. The van der Waals surface area contributed by atoms with E-state index in [0.717, 1.165) is 10.9 Å². The van der Waals surface area contributed by atoms with Gasteiger partial charge in [0, 0.05) is 30.1 Å². The molecule has 0 bridgehead atoms. The van der Waals surface area contributed by atoms with E-state index in [4.69, 9.17) is 17.2 Å². The number of fused-ring (bicyclic) bond motifs is 1. The number of aromatic amines is 1. The quantitative estimate of drug-likeness (QED) is 0.0680. The Hall–Kier alpha value is -4.17. The Morgan fingerprint density at radius 3 is 2.24 bits per heavy atom. The van der Waals surface area contributed by atoms with Crippen molar-refractivity contribution in [3.05, 3.63) is 36.0 Å². The number of nitrogens with zero attached hydrogens (tertiary/aromatic N) is 1. The maximum Gasteiger partial charge on any atom is 0.326 e. The lowest BCUT2D eigenvalue weighted by Gasteiger charge is -2.27. The Balaban J connectivity index is 2.10. The molecule has 1 aromatic heterocycles. The lowest BCUT2D eigenvalue weighted by molar-refractivity contribution is -0.142. The first kappa shape index (κ1) is 33.0. The molecule has 1 heterocycles. The number of carbonyl (C=O) groups is 4. The van der Waals surface area contributed by atoms with Crippen LogP contribution in [0, 0.1) is 5.92 Å². The summed E-state index contributed by atoms with van der Waals surface area (Å²) in [5, 5.41) is 28.4. The van der Waals surface area contributed by atoms with Gasteiger partial charge in [-0.3, -0.25) is 19.4 Å². The van der Waals surface area contributed by atoms with E-state index in [1.54, 1.807) is 6.20 Å². The molecule has 0 spiro atoms. The van der Waals surface area contributed by atoms with Gasteiger partial charge in [0.15, 0.2) is 5.96 Å². The number of para-hydroxylation sites is 1. The second-order valence-electron chi connectivity index (χ2n) is 10.4. The van der Waals surface area contributed by atoms with Crippen LogP contribution in [0.15, 0.2) is 35.5 Å². The third kappa shape index (κ3) is 10.4. The molecule has 0 aliphatic rings. The number of aliphatic hydroxyl groups is 1. The lowest BCUT2D eigenvalue weighted by Crippen LogP contribution is -2.60. The highest BCUT2D eigenvalue weighted by Crippen LogP contribution is 2.19. The van der Waals surface area contributed by atoms with Crippen LogP contribution >= 0.6 is 0 Å². The first-order valence-corrected chi connectivity index (χ1v) is 13.5. The van der Waals surface area contributed by atoms with Crippen molar-refractivity contribution in [2.75, 3.05) is 6.54 Å². The predicted molar refractivity (Wildman–Crippen MR) is 154 cm³/mol. The molecular weight excluding hydrogens is 532 g/mol. The molecule has 5 unspecified atom stereocenters. The van der Waals surface area contributed by atoms with Crippen LogP contribution in [0.25, 0.3) is 10.9 Å². The molecule has 14 heteroatoms. The van der Waals surface area contributed by atoms with Crippen molar-refractivity contribution in [3.63, 3.8) is 0 Å². The van der Waals surface area contributed by atoms with E-state index in [1.165, 1.54) is 6.92 Å². The van der Waals surface area contributed by atoms with Crippen LogP contribution in [0.1, 0.15) is 45.6 Å². The predicted octanol–water partition coefficient (Wildman–Crippen LogP) is -0.943. The Kier molecular flexibility index (Phi) is 12.5. The number of nitrogens with one attached hydrogen (secondary N) is 4. The summed E-state index contributed by atoms with van der Waals surface area (Å²) < 4.78 is 0. The number of guanidine groups is 1. The molecule has 0 aliphatic heterocycles. The van der Waals surface area contributed by atoms with E-state index < -0.39 is 54.0 Å². The van der Waals surface area contributed by atoms with Crippen molar-refractivity contribution < 1.29 is 29.4 Å². The Morgan fingerprint density at radius 2 is 1.63 bits per heavy atom. The molecule has 0 aliphatic carbocycles. The summed E-state index contributed by atoms with van der Waals surface area (Å²) in [6.07, 6.45) is 1.22. The fourth-order valence-corrected chi connectivity index (χ4v) is 4.27. The maximum absolute atomic E-state index is 13.2. The average Bonchev–Trinajstić information content (AvgIpc) is 3.30. The molecule has 0 radical (unpaired) electrons. The van der Waals surface area contributed by atoms with Gasteiger partial charge in [-0.1, -0.05) is 32.0 Å². The van der Waals surface area contributed by atoms with E-state index in [0.29, 0.717) is 12.0 Å². The fraction of sp³-hybridized carbons (Fsp3) is 0.519.